The number of fused-ring (bicyclic) bond motifs is 4. The van der Waals surface area contributed by atoms with Crippen LogP contribution in [0.4, 0.5) is 16.3 Å². The molecule has 6 rings (SSSR count). The first-order valence-electron chi connectivity index (χ1n) is 10.2. The van der Waals surface area contributed by atoms with Gasteiger partial charge in [0.05, 0.1) is 17.1 Å². The van der Waals surface area contributed by atoms with Crippen molar-refractivity contribution in [2.24, 2.45) is 0 Å². The van der Waals surface area contributed by atoms with Gasteiger partial charge in [-0.25, -0.2) is 14.8 Å². The third-order valence-corrected chi connectivity index (χ3v) is 6.84. The summed E-state index contributed by atoms with van der Waals surface area (Å²) in [5.74, 6) is 0.811. The normalized spacial score (nSPS) is 18.3. The number of nitrogens with zero attached hydrogens (tertiary/aromatic N) is 3. The van der Waals surface area contributed by atoms with Gasteiger partial charge in [0.2, 0.25) is 0 Å². The second kappa shape index (κ2) is 6.94. The number of ether oxygens (including phenoxy) is 1. The highest BCUT2D eigenvalue weighted by Gasteiger charge is 2.29. The Kier molecular flexibility index (Phi) is 4.08. The third kappa shape index (κ3) is 3.24. The Morgan fingerprint density at radius 2 is 2.17 bits per heavy atom. The first kappa shape index (κ1) is 17.6. The van der Waals surface area contributed by atoms with Gasteiger partial charge in [0.25, 0.3) is 0 Å². The summed E-state index contributed by atoms with van der Waals surface area (Å²) in [6.07, 6.45) is 7.54. The van der Waals surface area contributed by atoms with E-state index in [0.29, 0.717) is 6.04 Å². The topological polar surface area (TPSA) is 105 Å². The van der Waals surface area contributed by atoms with Crippen LogP contribution < -0.4 is 10.6 Å². The van der Waals surface area contributed by atoms with E-state index in [9.17, 15) is 4.79 Å². The molecular formula is C21H20N6O2S. The molecule has 3 N–H and O–H groups in total. The molecule has 30 heavy (non-hydrogen) atoms. The van der Waals surface area contributed by atoms with E-state index in [1.54, 1.807) is 17.7 Å². The second-order valence-electron chi connectivity index (χ2n) is 7.89. The standard InChI is InChI=1S/C21H20N6O2S/c28-21(26-12-1-2-12)29-14-4-5-15-17(8-14)30-20-18(15)19(22-10-23-20)25-13-3-6-16-11(7-13)9-24-27-16/h3,6-7,9-10,12,14H,1-2,4-5,8H2,(H,24,27)(H,26,28)(H,22,23,25). The molecule has 1 unspecified atom stereocenters. The van der Waals surface area contributed by atoms with Crippen molar-refractivity contribution >= 4 is 50.1 Å². The van der Waals surface area contributed by atoms with Crippen LogP contribution in [0.25, 0.3) is 21.1 Å². The molecule has 9 heteroatoms. The molecule has 2 aliphatic carbocycles. The molecular weight excluding hydrogens is 400 g/mol. The number of hydrogen-bond donors (Lipinski definition) is 3. The molecule has 3 aromatic heterocycles. The SMILES string of the molecule is O=C(NC1CC1)OC1CCc2c(sc3ncnc(Nc4ccc5[nH]ncc5c4)c23)C1. The van der Waals surface area contributed by atoms with Gasteiger partial charge in [-0.15, -0.1) is 11.3 Å². The maximum Gasteiger partial charge on any atom is 0.407 e. The Morgan fingerprint density at radius 3 is 3.07 bits per heavy atom. The lowest BCUT2D eigenvalue weighted by Gasteiger charge is -2.22. The smallest absolute Gasteiger partial charge is 0.407 e. The number of aryl methyl sites for hydroxylation is 1. The molecule has 152 valence electrons. The van der Waals surface area contributed by atoms with E-state index in [1.807, 2.05) is 24.4 Å². The van der Waals surface area contributed by atoms with Gasteiger partial charge in [0.1, 0.15) is 23.1 Å². The summed E-state index contributed by atoms with van der Waals surface area (Å²) in [5, 5.41) is 15.5. The monoisotopic (exact) mass is 420 g/mol. The molecule has 1 aromatic carbocycles. The van der Waals surface area contributed by atoms with Crippen LogP contribution in [0.5, 0.6) is 0 Å². The summed E-state index contributed by atoms with van der Waals surface area (Å²) >= 11 is 1.67. The van der Waals surface area contributed by atoms with Gasteiger partial charge in [-0.3, -0.25) is 5.10 Å². The van der Waals surface area contributed by atoms with E-state index in [0.717, 1.165) is 64.7 Å². The summed E-state index contributed by atoms with van der Waals surface area (Å²) in [7, 11) is 0. The maximum atomic E-state index is 12.0. The number of anilines is 2. The van der Waals surface area contributed by atoms with Crippen LogP contribution in [0.1, 0.15) is 29.7 Å². The lowest BCUT2D eigenvalue weighted by molar-refractivity contribution is 0.0899. The fourth-order valence-corrected chi connectivity index (χ4v) is 5.26. The van der Waals surface area contributed by atoms with Crippen molar-refractivity contribution in [2.75, 3.05) is 5.32 Å². The minimum atomic E-state index is -0.288. The summed E-state index contributed by atoms with van der Waals surface area (Å²) in [6, 6.07) is 6.37. The third-order valence-electron chi connectivity index (χ3n) is 5.68. The Balaban J connectivity index is 1.27. The molecule has 1 atom stereocenters. The number of nitrogens with one attached hydrogen (secondary N) is 3. The molecule has 0 saturated heterocycles. The molecule has 0 aliphatic heterocycles. The Morgan fingerprint density at radius 1 is 1.23 bits per heavy atom. The molecule has 1 fully saturated rings. The van der Waals surface area contributed by atoms with Crippen molar-refractivity contribution < 1.29 is 9.53 Å². The average molecular weight is 420 g/mol. The van der Waals surface area contributed by atoms with E-state index < -0.39 is 0 Å². The van der Waals surface area contributed by atoms with E-state index >= 15 is 0 Å². The van der Waals surface area contributed by atoms with Gasteiger partial charge >= 0.3 is 6.09 Å². The van der Waals surface area contributed by atoms with Crippen LogP contribution in [0.3, 0.4) is 0 Å². The van der Waals surface area contributed by atoms with Crippen LogP contribution in [0.2, 0.25) is 0 Å². The number of alkyl carbamates (subject to hydrolysis) is 1. The van der Waals surface area contributed by atoms with Crippen molar-refractivity contribution in [1.82, 2.24) is 25.5 Å². The highest BCUT2D eigenvalue weighted by atomic mass is 32.1. The molecule has 8 nitrogen and oxygen atoms in total. The summed E-state index contributed by atoms with van der Waals surface area (Å²) in [6.45, 7) is 0. The van der Waals surface area contributed by atoms with Crippen LogP contribution in [0, 0.1) is 0 Å². The highest BCUT2D eigenvalue weighted by molar-refractivity contribution is 7.19. The lowest BCUT2D eigenvalue weighted by atomic mass is 9.94. The van der Waals surface area contributed by atoms with Crippen LogP contribution in [-0.4, -0.2) is 38.4 Å². The predicted octanol–water partition coefficient (Wildman–Crippen LogP) is 4.06. The largest absolute Gasteiger partial charge is 0.446 e. The van der Waals surface area contributed by atoms with E-state index in [2.05, 4.69) is 30.8 Å². The van der Waals surface area contributed by atoms with E-state index in [1.165, 1.54) is 10.4 Å². The van der Waals surface area contributed by atoms with Crippen molar-refractivity contribution in [2.45, 2.75) is 44.2 Å². The molecule has 1 amide bonds. The van der Waals surface area contributed by atoms with Gasteiger partial charge in [0.15, 0.2) is 0 Å². The van der Waals surface area contributed by atoms with Gasteiger partial charge in [-0.2, -0.15) is 5.10 Å². The first-order chi connectivity index (χ1) is 14.7. The number of carbonyl (C=O) groups excluding carboxylic acids is 1. The number of aromatic amines is 1. The van der Waals surface area contributed by atoms with Gasteiger partial charge in [-0.1, -0.05) is 0 Å². The number of H-pyrrole nitrogens is 1. The number of benzene rings is 1. The van der Waals surface area contributed by atoms with Crippen LogP contribution >= 0.6 is 11.3 Å². The molecule has 2 aliphatic rings. The summed E-state index contributed by atoms with van der Waals surface area (Å²) < 4.78 is 5.65. The molecule has 0 radical (unpaired) electrons. The zero-order valence-corrected chi connectivity index (χ0v) is 17.0. The first-order valence-corrected chi connectivity index (χ1v) is 11.0. The van der Waals surface area contributed by atoms with Gasteiger partial charge < -0.3 is 15.4 Å². The fraction of sp³-hybridized carbons (Fsp3) is 0.333. The Labute approximate surface area is 176 Å². The zero-order valence-electron chi connectivity index (χ0n) is 16.1. The number of rotatable bonds is 4. The molecule has 3 heterocycles. The number of aromatic nitrogens is 4. The zero-order chi connectivity index (χ0) is 20.1. The Bertz CT molecular complexity index is 1260. The minimum absolute atomic E-state index is 0.0859. The van der Waals surface area contributed by atoms with E-state index in [-0.39, 0.29) is 12.2 Å². The number of thiophene rings is 1. The summed E-state index contributed by atoms with van der Waals surface area (Å²) in [5.41, 5.74) is 3.22. The lowest BCUT2D eigenvalue weighted by Crippen LogP contribution is -2.32. The molecule has 0 spiro atoms. The number of carbonyl (C=O) groups is 1. The summed E-state index contributed by atoms with van der Waals surface area (Å²) in [4.78, 5) is 23.2. The van der Waals surface area contributed by atoms with Crippen molar-refractivity contribution in [3.63, 3.8) is 0 Å². The predicted molar refractivity (Wildman–Crippen MR) is 115 cm³/mol. The second-order valence-corrected chi connectivity index (χ2v) is 8.98. The molecule has 4 aromatic rings. The van der Waals surface area contributed by atoms with Gasteiger partial charge in [-0.05, 0) is 49.4 Å². The quantitative estimate of drug-likeness (QED) is 0.460. The Hall–Kier alpha value is -3.20. The van der Waals surface area contributed by atoms with Crippen LogP contribution in [0.15, 0.2) is 30.7 Å². The van der Waals surface area contributed by atoms with E-state index in [4.69, 9.17) is 4.74 Å². The average Bonchev–Trinajstić information content (AvgIpc) is 3.28. The number of hydrogen-bond acceptors (Lipinski definition) is 7. The van der Waals surface area contributed by atoms with Gasteiger partial charge in [0, 0.05) is 28.4 Å². The van der Waals surface area contributed by atoms with Crippen molar-refractivity contribution in [1.29, 1.82) is 0 Å². The van der Waals surface area contributed by atoms with Crippen molar-refractivity contribution in [3.05, 3.63) is 41.2 Å². The fourth-order valence-electron chi connectivity index (χ4n) is 4.01. The van der Waals surface area contributed by atoms with Crippen LogP contribution in [-0.2, 0) is 17.6 Å². The maximum absolute atomic E-state index is 12.0. The molecule has 0 bridgehead atoms. The highest BCUT2D eigenvalue weighted by Crippen LogP contribution is 2.39. The number of amides is 1. The molecule has 1 saturated carbocycles. The minimum Gasteiger partial charge on any atom is -0.446 e. The van der Waals surface area contributed by atoms with Crippen molar-refractivity contribution in [3.8, 4) is 0 Å².